The molecule has 0 fully saturated rings. The molecule has 0 spiro atoms. The number of hydrogen-bond acceptors (Lipinski definition) is 1. The lowest BCUT2D eigenvalue weighted by atomic mass is 9.98. The molecule has 78 valence electrons. The third-order valence-corrected chi connectivity index (χ3v) is 2.46. The molecule has 0 aliphatic heterocycles. The zero-order valence-corrected chi connectivity index (χ0v) is 9.12. The Bertz CT molecular complexity index is 371. The van der Waals surface area contributed by atoms with Crippen LogP contribution in [0.5, 0.6) is 0 Å². The largest absolute Gasteiger partial charge is 0.386 e. The molecule has 5 heteroatoms. The minimum Gasteiger partial charge on any atom is -0.386 e. The Morgan fingerprint density at radius 1 is 1.21 bits per heavy atom. The molecule has 0 radical (unpaired) electrons. The molecule has 1 nitrogen and oxygen atoms in total. The van der Waals surface area contributed by atoms with Crippen LogP contribution in [-0.2, 0) is 5.60 Å². The number of halogens is 4. The van der Waals surface area contributed by atoms with Gasteiger partial charge in [0.05, 0.1) is 10.1 Å². The Morgan fingerprint density at radius 3 is 2.14 bits per heavy atom. The molecule has 14 heavy (non-hydrogen) atoms. The van der Waals surface area contributed by atoms with E-state index in [1.807, 2.05) is 0 Å². The summed E-state index contributed by atoms with van der Waals surface area (Å²) in [5, 5.41) is 9.46. The number of rotatable bonds is 1. The molecule has 0 saturated carbocycles. The van der Waals surface area contributed by atoms with Crippen LogP contribution < -0.4 is 0 Å². The molecule has 0 unspecified atom stereocenters. The second-order valence-electron chi connectivity index (χ2n) is 3.41. The maximum Gasteiger partial charge on any atom is 0.175 e. The predicted molar refractivity (Wildman–Crippen MR) is 49.3 cm³/mol. The molecule has 0 aliphatic rings. The lowest BCUT2D eigenvalue weighted by Gasteiger charge is -2.19. The molecule has 0 bridgehead atoms. The first-order valence-electron chi connectivity index (χ1n) is 3.81. The summed E-state index contributed by atoms with van der Waals surface area (Å²) in [4.78, 5) is 0. The molecule has 0 saturated heterocycles. The summed E-state index contributed by atoms with van der Waals surface area (Å²) in [5.41, 5.74) is -1.84. The summed E-state index contributed by atoms with van der Waals surface area (Å²) < 4.78 is 38.4. The van der Waals surface area contributed by atoms with Gasteiger partial charge in [-0.15, -0.1) is 0 Å². The smallest absolute Gasteiger partial charge is 0.175 e. The maximum absolute atomic E-state index is 13.3. The van der Waals surface area contributed by atoms with Crippen LogP contribution in [0.3, 0.4) is 0 Å². The van der Waals surface area contributed by atoms with E-state index in [9.17, 15) is 18.3 Å². The quantitative estimate of drug-likeness (QED) is 0.613. The second-order valence-corrected chi connectivity index (χ2v) is 4.20. The molecule has 1 aromatic carbocycles. The molecular weight excluding hydrogens is 261 g/mol. The Kier molecular flexibility index (Phi) is 2.92. The lowest BCUT2D eigenvalue weighted by Crippen LogP contribution is -2.18. The van der Waals surface area contributed by atoms with Crippen LogP contribution in [-0.4, -0.2) is 5.11 Å². The molecule has 0 aliphatic carbocycles. The fraction of sp³-hybridized carbons (Fsp3) is 0.333. The van der Waals surface area contributed by atoms with Crippen molar-refractivity contribution in [1.82, 2.24) is 0 Å². The van der Waals surface area contributed by atoms with Crippen molar-refractivity contribution >= 4 is 15.9 Å². The second kappa shape index (κ2) is 3.55. The summed E-state index contributed by atoms with van der Waals surface area (Å²) >= 11 is 2.57. The van der Waals surface area contributed by atoms with E-state index in [1.165, 1.54) is 13.8 Å². The third-order valence-electron chi connectivity index (χ3n) is 1.76. The lowest BCUT2D eigenvalue weighted by molar-refractivity contribution is 0.0737. The first kappa shape index (κ1) is 11.5. The molecular formula is C9H8BrF3O. The Balaban J connectivity index is 3.49. The van der Waals surface area contributed by atoms with Crippen LogP contribution in [0, 0.1) is 17.5 Å². The highest BCUT2D eigenvalue weighted by molar-refractivity contribution is 9.10. The Labute approximate surface area is 87.7 Å². The number of benzene rings is 1. The van der Waals surface area contributed by atoms with Crippen molar-refractivity contribution in [3.05, 3.63) is 33.6 Å². The summed E-state index contributed by atoms with van der Waals surface area (Å²) in [5.74, 6) is -3.48. The van der Waals surface area contributed by atoms with Gasteiger partial charge >= 0.3 is 0 Å². The van der Waals surface area contributed by atoms with E-state index in [0.717, 1.165) is 0 Å². The Morgan fingerprint density at radius 2 is 1.71 bits per heavy atom. The van der Waals surface area contributed by atoms with Crippen molar-refractivity contribution in [2.45, 2.75) is 19.4 Å². The van der Waals surface area contributed by atoms with E-state index < -0.39 is 27.5 Å². The van der Waals surface area contributed by atoms with Crippen molar-refractivity contribution in [2.24, 2.45) is 0 Å². The highest BCUT2D eigenvalue weighted by atomic mass is 79.9. The minimum absolute atomic E-state index is 0.289. The first-order chi connectivity index (χ1) is 6.25. The van der Waals surface area contributed by atoms with Gasteiger partial charge in [-0.2, -0.15) is 0 Å². The molecule has 1 N–H and O–H groups in total. The van der Waals surface area contributed by atoms with E-state index in [2.05, 4.69) is 15.9 Å². The molecule has 0 aromatic heterocycles. The molecule has 0 atom stereocenters. The summed E-state index contributed by atoms with van der Waals surface area (Å²) in [7, 11) is 0. The SMILES string of the molecule is CC(C)(O)c1cc(F)c(F)c(Br)c1F. The van der Waals surface area contributed by atoms with Gasteiger partial charge < -0.3 is 5.11 Å². The van der Waals surface area contributed by atoms with E-state index in [1.54, 1.807) is 0 Å². The zero-order chi connectivity index (χ0) is 11.1. The molecule has 0 amide bonds. The summed E-state index contributed by atoms with van der Waals surface area (Å²) in [6, 6.07) is 0.648. The van der Waals surface area contributed by atoms with Gasteiger partial charge in [-0.3, -0.25) is 0 Å². The third kappa shape index (κ3) is 1.93. The Hall–Kier alpha value is -0.550. The summed E-state index contributed by atoms with van der Waals surface area (Å²) in [6.07, 6.45) is 0. The van der Waals surface area contributed by atoms with Crippen LogP contribution in [0.1, 0.15) is 19.4 Å². The minimum atomic E-state index is -1.55. The van der Waals surface area contributed by atoms with E-state index >= 15 is 0 Å². The summed E-state index contributed by atoms with van der Waals surface area (Å²) in [6.45, 7) is 2.57. The van der Waals surface area contributed by atoms with Crippen LogP contribution in [0.25, 0.3) is 0 Å². The van der Waals surface area contributed by atoms with Crippen LogP contribution in [0.4, 0.5) is 13.2 Å². The maximum atomic E-state index is 13.3. The van der Waals surface area contributed by atoms with Gasteiger partial charge in [0, 0.05) is 5.56 Å². The van der Waals surface area contributed by atoms with E-state index in [0.29, 0.717) is 6.07 Å². The highest BCUT2D eigenvalue weighted by Gasteiger charge is 2.26. The first-order valence-corrected chi connectivity index (χ1v) is 4.60. The van der Waals surface area contributed by atoms with Gasteiger partial charge in [0.25, 0.3) is 0 Å². The van der Waals surface area contributed by atoms with Crippen molar-refractivity contribution < 1.29 is 18.3 Å². The van der Waals surface area contributed by atoms with Crippen molar-refractivity contribution in [3.8, 4) is 0 Å². The average Bonchev–Trinajstić information content (AvgIpc) is 2.06. The number of hydrogen-bond donors (Lipinski definition) is 1. The van der Waals surface area contributed by atoms with Crippen LogP contribution >= 0.6 is 15.9 Å². The molecule has 1 aromatic rings. The molecule has 0 heterocycles. The zero-order valence-electron chi connectivity index (χ0n) is 7.54. The van der Waals surface area contributed by atoms with Crippen molar-refractivity contribution in [3.63, 3.8) is 0 Å². The topological polar surface area (TPSA) is 20.2 Å². The number of aliphatic hydroxyl groups is 1. The fourth-order valence-electron chi connectivity index (χ4n) is 1.02. The average molecular weight is 269 g/mol. The van der Waals surface area contributed by atoms with E-state index in [-0.39, 0.29) is 5.56 Å². The monoisotopic (exact) mass is 268 g/mol. The van der Waals surface area contributed by atoms with Crippen LogP contribution in [0.15, 0.2) is 10.5 Å². The fourth-order valence-corrected chi connectivity index (χ4v) is 1.42. The van der Waals surface area contributed by atoms with Crippen LogP contribution in [0.2, 0.25) is 0 Å². The van der Waals surface area contributed by atoms with Gasteiger partial charge in [0.15, 0.2) is 11.6 Å². The van der Waals surface area contributed by atoms with Gasteiger partial charge in [-0.05, 0) is 35.8 Å². The highest BCUT2D eigenvalue weighted by Crippen LogP contribution is 2.31. The van der Waals surface area contributed by atoms with E-state index in [4.69, 9.17) is 0 Å². The predicted octanol–water partition coefficient (Wildman–Crippen LogP) is 3.09. The van der Waals surface area contributed by atoms with Crippen molar-refractivity contribution in [1.29, 1.82) is 0 Å². The van der Waals surface area contributed by atoms with Gasteiger partial charge in [-0.1, -0.05) is 0 Å². The normalized spacial score (nSPS) is 11.9. The molecule has 1 rings (SSSR count). The standard InChI is InChI=1S/C9H8BrF3O/c1-9(2,14)4-3-5(11)8(13)6(10)7(4)12/h3,14H,1-2H3. The van der Waals surface area contributed by atoms with Gasteiger partial charge in [0.2, 0.25) is 0 Å². The van der Waals surface area contributed by atoms with Gasteiger partial charge in [-0.25, -0.2) is 13.2 Å². The van der Waals surface area contributed by atoms with Gasteiger partial charge in [0.1, 0.15) is 5.82 Å². The van der Waals surface area contributed by atoms with Crippen molar-refractivity contribution in [2.75, 3.05) is 0 Å².